The number of methoxy groups -OCH3 is 3. The molecular formula is C33H27NO9. The lowest BCUT2D eigenvalue weighted by molar-refractivity contribution is 0.0790. The Hall–Kier alpha value is -5.25. The molecule has 218 valence electrons. The van der Waals surface area contributed by atoms with Gasteiger partial charge in [-0.1, -0.05) is 24.3 Å². The van der Waals surface area contributed by atoms with E-state index in [0.29, 0.717) is 16.6 Å². The van der Waals surface area contributed by atoms with Gasteiger partial charge in [0.25, 0.3) is 5.56 Å². The van der Waals surface area contributed by atoms with Crippen LogP contribution in [0.1, 0.15) is 71.6 Å². The molecule has 3 aliphatic rings. The summed E-state index contributed by atoms with van der Waals surface area (Å²) in [4.78, 5) is 69.1. The average molecular weight is 582 g/mol. The molecule has 0 saturated carbocycles. The maximum Gasteiger partial charge on any atom is 0.262 e. The second-order valence-electron chi connectivity index (χ2n) is 10.6. The number of ketones is 4. The van der Waals surface area contributed by atoms with E-state index in [4.69, 9.17) is 14.2 Å². The summed E-state index contributed by atoms with van der Waals surface area (Å²) in [5.74, 6) is -3.97. The molecule has 1 spiro atoms. The fourth-order valence-electron chi connectivity index (χ4n) is 6.68. The Morgan fingerprint density at radius 2 is 1.53 bits per heavy atom. The smallest absolute Gasteiger partial charge is 0.262 e. The van der Waals surface area contributed by atoms with Crippen LogP contribution in [0.5, 0.6) is 17.2 Å². The number of aryl methyl sites for hydroxylation is 1. The molecule has 1 atom stereocenters. The number of rotatable bonds is 5. The summed E-state index contributed by atoms with van der Waals surface area (Å²) in [6.07, 6.45) is 8.46. The minimum absolute atomic E-state index is 0.00658. The molecular weight excluding hydrogens is 554 g/mol. The summed E-state index contributed by atoms with van der Waals surface area (Å²) in [6, 6.07) is 3.48. The third-order valence-electron chi connectivity index (χ3n) is 8.61. The van der Waals surface area contributed by atoms with Gasteiger partial charge in [0.05, 0.1) is 49.0 Å². The van der Waals surface area contributed by atoms with E-state index in [0.717, 1.165) is 6.08 Å². The molecule has 1 unspecified atom stereocenters. The van der Waals surface area contributed by atoms with E-state index in [1.165, 1.54) is 25.9 Å². The normalized spacial score (nSPS) is 19.0. The molecule has 3 aliphatic carbocycles. The Morgan fingerprint density at radius 3 is 2.14 bits per heavy atom. The standard InChI is InChI=1S/C33H27NO9/c1-6-7-8-9-17-13-16-12-15-10-11-33(25(15)27(37)20(16)32(40)34(17)2)30(38)23-24(31(33)39)29(43-5)22-21(28(23)42-4)18(35)14-19(41-3)26(22)36/h6-9,12-14,37H,10-11H2,1-5H3. The van der Waals surface area contributed by atoms with Crippen LogP contribution in [-0.4, -0.2) is 54.1 Å². The molecule has 2 aromatic carbocycles. The van der Waals surface area contributed by atoms with Crippen LogP contribution in [-0.2, 0) is 23.6 Å². The number of aromatic nitrogens is 1. The SMILES string of the molecule is CC=CC=Cc1cc2cc3c(c(O)c2c(=O)n1C)C1(CC3)C(=O)c2c(OC)c3c(c(OC)c2C1=O)C(=O)C(OC)=CC3=O. The molecule has 0 amide bonds. The number of phenolic OH excluding ortho intramolecular Hbond substituents is 1. The first-order chi connectivity index (χ1) is 20.6. The van der Waals surface area contributed by atoms with Crippen molar-refractivity contribution in [3.8, 4) is 17.2 Å². The van der Waals surface area contributed by atoms with Crippen molar-refractivity contribution in [1.82, 2.24) is 4.57 Å². The highest BCUT2D eigenvalue weighted by Gasteiger charge is 2.62. The molecule has 10 heteroatoms. The second kappa shape index (κ2) is 9.65. The zero-order valence-corrected chi connectivity index (χ0v) is 24.1. The Morgan fingerprint density at radius 1 is 0.884 bits per heavy atom. The van der Waals surface area contributed by atoms with Crippen molar-refractivity contribution in [1.29, 1.82) is 0 Å². The fourth-order valence-corrected chi connectivity index (χ4v) is 6.68. The van der Waals surface area contributed by atoms with Gasteiger partial charge in [0, 0.05) is 24.4 Å². The molecule has 0 fully saturated rings. The topological polar surface area (TPSA) is 138 Å². The van der Waals surface area contributed by atoms with Crippen LogP contribution in [0.15, 0.2) is 47.0 Å². The van der Waals surface area contributed by atoms with E-state index in [9.17, 15) is 29.1 Å². The molecule has 1 heterocycles. The van der Waals surface area contributed by atoms with E-state index in [-0.39, 0.29) is 63.3 Å². The van der Waals surface area contributed by atoms with E-state index in [1.54, 1.807) is 31.3 Å². The molecule has 43 heavy (non-hydrogen) atoms. The van der Waals surface area contributed by atoms with E-state index >= 15 is 0 Å². The number of ether oxygens (including phenoxy) is 3. The highest BCUT2D eigenvalue weighted by atomic mass is 16.5. The maximum atomic E-state index is 14.5. The molecule has 1 aromatic heterocycles. The number of pyridine rings is 1. The quantitative estimate of drug-likeness (QED) is 0.350. The van der Waals surface area contributed by atoms with E-state index in [1.807, 2.05) is 19.1 Å². The summed E-state index contributed by atoms with van der Waals surface area (Å²) in [5.41, 5.74) is -2.12. The largest absolute Gasteiger partial charge is 0.507 e. The molecule has 3 aromatic rings. The monoisotopic (exact) mass is 581 g/mol. The summed E-state index contributed by atoms with van der Waals surface area (Å²) in [7, 11) is 5.26. The van der Waals surface area contributed by atoms with Crippen molar-refractivity contribution in [2.45, 2.75) is 25.2 Å². The van der Waals surface area contributed by atoms with Gasteiger partial charge in [0.15, 0.2) is 23.1 Å². The zero-order valence-electron chi connectivity index (χ0n) is 24.1. The zero-order chi connectivity index (χ0) is 31.0. The third kappa shape index (κ3) is 3.43. The Labute approximate surface area is 245 Å². The number of carbonyl (C=O) groups excluding carboxylic acids is 4. The maximum absolute atomic E-state index is 14.5. The first kappa shape index (κ1) is 27.9. The van der Waals surface area contributed by atoms with E-state index < -0.39 is 39.9 Å². The summed E-state index contributed by atoms with van der Waals surface area (Å²) in [6.45, 7) is 1.87. The van der Waals surface area contributed by atoms with Crippen molar-refractivity contribution in [2.75, 3.05) is 21.3 Å². The van der Waals surface area contributed by atoms with Crippen LogP contribution < -0.4 is 15.0 Å². The van der Waals surface area contributed by atoms with Crippen LogP contribution in [0.2, 0.25) is 0 Å². The number of nitrogens with zero attached hydrogens (tertiary/aromatic N) is 1. The number of hydrogen-bond donors (Lipinski definition) is 1. The van der Waals surface area contributed by atoms with Crippen LogP contribution in [0.25, 0.3) is 16.8 Å². The lowest BCUT2D eigenvalue weighted by Gasteiger charge is -2.23. The van der Waals surface area contributed by atoms with Gasteiger partial charge in [-0.05, 0) is 42.9 Å². The van der Waals surface area contributed by atoms with Gasteiger partial charge in [-0.3, -0.25) is 24.0 Å². The minimum Gasteiger partial charge on any atom is -0.507 e. The first-order valence-corrected chi connectivity index (χ1v) is 13.5. The highest BCUT2D eigenvalue weighted by molar-refractivity contribution is 6.39. The van der Waals surface area contributed by atoms with Crippen LogP contribution in [0.3, 0.4) is 0 Å². The first-order valence-electron chi connectivity index (χ1n) is 13.5. The van der Waals surface area contributed by atoms with Gasteiger partial charge in [-0.15, -0.1) is 0 Å². The van der Waals surface area contributed by atoms with Crippen LogP contribution >= 0.6 is 0 Å². The number of phenols is 1. The van der Waals surface area contributed by atoms with Gasteiger partial charge in [0.1, 0.15) is 22.7 Å². The fraction of sp³-hybridized carbons (Fsp3) is 0.242. The summed E-state index contributed by atoms with van der Waals surface area (Å²) in [5, 5.41) is 12.1. The number of hydrogen-bond acceptors (Lipinski definition) is 9. The number of carbonyl (C=O) groups is 4. The van der Waals surface area contributed by atoms with Gasteiger partial charge < -0.3 is 23.9 Å². The van der Waals surface area contributed by atoms with Crippen LogP contribution in [0, 0.1) is 0 Å². The third-order valence-corrected chi connectivity index (χ3v) is 8.61. The molecule has 0 radical (unpaired) electrons. The van der Waals surface area contributed by atoms with E-state index in [2.05, 4.69) is 0 Å². The number of aromatic hydroxyl groups is 1. The van der Waals surface area contributed by atoms with Crippen molar-refractivity contribution in [3.05, 3.63) is 91.6 Å². The summed E-state index contributed by atoms with van der Waals surface area (Å²) >= 11 is 0. The average Bonchev–Trinajstić information content (AvgIpc) is 3.48. The number of fused-ring (bicyclic) bond motifs is 5. The Balaban J connectivity index is 1.64. The predicted molar refractivity (Wildman–Crippen MR) is 157 cm³/mol. The molecule has 6 rings (SSSR count). The lowest BCUT2D eigenvalue weighted by atomic mass is 9.76. The molecule has 0 bridgehead atoms. The Bertz CT molecular complexity index is 2010. The van der Waals surface area contributed by atoms with Gasteiger partial charge in [-0.2, -0.15) is 0 Å². The number of allylic oxidation sites excluding steroid dienone is 5. The van der Waals surface area contributed by atoms with Crippen molar-refractivity contribution >= 4 is 40.0 Å². The predicted octanol–water partition coefficient (Wildman–Crippen LogP) is 4.02. The van der Waals surface area contributed by atoms with Gasteiger partial charge in [0.2, 0.25) is 5.78 Å². The second-order valence-corrected chi connectivity index (χ2v) is 10.6. The lowest BCUT2D eigenvalue weighted by Crippen LogP contribution is -2.36. The molecule has 0 aliphatic heterocycles. The Kier molecular flexibility index (Phi) is 6.26. The van der Waals surface area contributed by atoms with Gasteiger partial charge in [-0.25, -0.2) is 0 Å². The van der Waals surface area contributed by atoms with Crippen LogP contribution in [0.4, 0.5) is 0 Å². The van der Waals surface area contributed by atoms with Crippen molar-refractivity contribution < 1.29 is 38.5 Å². The number of Topliss-reactive ketones (excluding diaryl/α,β-unsaturated/α-hetero) is 3. The number of benzene rings is 2. The molecule has 0 saturated heterocycles. The van der Waals surface area contributed by atoms with Crippen molar-refractivity contribution in [2.24, 2.45) is 7.05 Å². The molecule has 10 nitrogen and oxygen atoms in total. The molecule has 1 N–H and O–H groups in total. The van der Waals surface area contributed by atoms with Gasteiger partial charge >= 0.3 is 0 Å². The summed E-state index contributed by atoms with van der Waals surface area (Å²) < 4.78 is 17.6. The van der Waals surface area contributed by atoms with Crippen molar-refractivity contribution in [3.63, 3.8) is 0 Å². The highest BCUT2D eigenvalue weighted by Crippen LogP contribution is 2.57. The minimum atomic E-state index is -1.92.